The van der Waals surface area contributed by atoms with E-state index in [4.69, 9.17) is 10.7 Å². The smallest absolute Gasteiger partial charge is 0.127 e. The van der Waals surface area contributed by atoms with Gasteiger partial charge >= 0.3 is 0 Å². The second-order valence-electron chi connectivity index (χ2n) is 6.67. The summed E-state index contributed by atoms with van der Waals surface area (Å²) in [5, 5.41) is 0. The quantitative estimate of drug-likeness (QED) is 0.878. The fourth-order valence-corrected chi connectivity index (χ4v) is 4.00. The van der Waals surface area contributed by atoms with Gasteiger partial charge in [-0.05, 0) is 39.5 Å². The lowest BCUT2D eigenvalue weighted by Gasteiger charge is -2.17. The van der Waals surface area contributed by atoms with Gasteiger partial charge in [-0.1, -0.05) is 25.7 Å². The van der Waals surface area contributed by atoms with E-state index in [1.165, 1.54) is 62.9 Å². The summed E-state index contributed by atoms with van der Waals surface area (Å²) in [5.41, 5.74) is 7.67. The number of hydrogen-bond acceptors (Lipinski definition) is 2. The summed E-state index contributed by atoms with van der Waals surface area (Å²) in [7, 11) is 0. The number of nitrogens with zero attached hydrogens (tertiary/aromatic N) is 2. The summed E-state index contributed by atoms with van der Waals surface area (Å²) in [6.45, 7) is 4.46. The summed E-state index contributed by atoms with van der Waals surface area (Å²) in [6.07, 6.45) is 10.6. The molecule has 1 aromatic rings. The first-order chi connectivity index (χ1) is 9.18. The molecule has 0 spiro atoms. The second kappa shape index (κ2) is 5.18. The Labute approximate surface area is 116 Å². The molecule has 3 nitrogen and oxygen atoms in total. The van der Waals surface area contributed by atoms with E-state index in [0.717, 1.165) is 5.82 Å². The number of hydrogen-bond donors (Lipinski definition) is 1. The first-order valence-electron chi connectivity index (χ1n) is 8.06. The molecular formula is C16H27N3. The summed E-state index contributed by atoms with van der Waals surface area (Å²) in [6, 6.07) is 0.429. The Hall–Kier alpha value is -0.990. The maximum Gasteiger partial charge on any atom is 0.127 e. The van der Waals surface area contributed by atoms with E-state index in [9.17, 15) is 0 Å². The van der Waals surface area contributed by atoms with Crippen molar-refractivity contribution in [3.63, 3.8) is 0 Å². The minimum atomic E-state index is 0.429. The van der Waals surface area contributed by atoms with Gasteiger partial charge in [0.25, 0.3) is 0 Å². The molecule has 0 amide bonds. The standard InChI is InChI=1S/C16H27N3/c1-11(2)19-15(17)14(12-7-3-4-8-12)18-16(19)13-9-5-6-10-13/h11-13H,3-10,17H2,1-2H3. The van der Waals surface area contributed by atoms with Crippen LogP contribution >= 0.6 is 0 Å². The highest BCUT2D eigenvalue weighted by molar-refractivity contribution is 5.42. The van der Waals surface area contributed by atoms with Crippen LogP contribution in [0.3, 0.4) is 0 Å². The predicted molar refractivity (Wildman–Crippen MR) is 79.4 cm³/mol. The molecule has 0 radical (unpaired) electrons. The molecule has 3 heteroatoms. The molecule has 3 rings (SSSR count). The average molecular weight is 261 g/mol. The summed E-state index contributed by atoms with van der Waals surface area (Å²) in [4.78, 5) is 5.03. The van der Waals surface area contributed by atoms with Crippen molar-refractivity contribution in [2.75, 3.05) is 5.73 Å². The monoisotopic (exact) mass is 261 g/mol. The maximum absolute atomic E-state index is 6.45. The first-order valence-corrected chi connectivity index (χ1v) is 8.06. The SMILES string of the molecule is CC(C)n1c(C2CCCC2)nc(C2CCCC2)c1N. The van der Waals surface area contributed by atoms with Crippen molar-refractivity contribution < 1.29 is 0 Å². The Balaban J connectivity index is 1.99. The van der Waals surface area contributed by atoms with Gasteiger partial charge in [-0.15, -0.1) is 0 Å². The molecule has 1 aromatic heterocycles. The molecule has 19 heavy (non-hydrogen) atoms. The van der Waals surface area contributed by atoms with E-state index >= 15 is 0 Å². The Bertz CT molecular complexity index is 435. The normalized spacial score (nSPS) is 21.8. The Morgan fingerprint density at radius 1 is 1.00 bits per heavy atom. The van der Waals surface area contributed by atoms with Gasteiger partial charge in [-0.2, -0.15) is 0 Å². The van der Waals surface area contributed by atoms with E-state index < -0.39 is 0 Å². The number of imidazole rings is 1. The van der Waals surface area contributed by atoms with E-state index in [1.54, 1.807) is 0 Å². The van der Waals surface area contributed by atoms with Crippen LogP contribution in [0.5, 0.6) is 0 Å². The fraction of sp³-hybridized carbons (Fsp3) is 0.812. The maximum atomic E-state index is 6.45. The van der Waals surface area contributed by atoms with E-state index in [1.807, 2.05) is 0 Å². The van der Waals surface area contributed by atoms with Gasteiger partial charge in [0.1, 0.15) is 11.6 Å². The molecule has 0 aliphatic heterocycles. The Kier molecular flexibility index (Phi) is 3.55. The zero-order valence-electron chi connectivity index (χ0n) is 12.4. The van der Waals surface area contributed by atoms with Crippen LogP contribution < -0.4 is 5.73 Å². The van der Waals surface area contributed by atoms with E-state index in [2.05, 4.69) is 18.4 Å². The molecule has 2 fully saturated rings. The zero-order chi connectivity index (χ0) is 13.4. The minimum Gasteiger partial charge on any atom is -0.384 e. The minimum absolute atomic E-state index is 0.429. The van der Waals surface area contributed by atoms with Gasteiger partial charge < -0.3 is 10.3 Å². The molecule has 1 heterocycles. The Morgan fingerprint density at radius 3 is 2.05 bits per heavy atom. The highest BCUT2D eigenvalue weighted by Crippen LogP contribution is 2.41. The highest BCUT2D eigenvalue weighted by Gasteiger charge is 2.30. The topological polar surface area (TPSA) is 43.8 Å². The predicted octanol–water partition coefficient (Wildman–Crippen LogP) is 4.36. The third-order valence-corrected chi connectivity index (χ3v) is 4.98. The van der Waals surface area contributed by atoms with Crippen LogP contribution in [0, 0.1) is 0 Å². The van der Waals surface area contributed by atoms with Crippen LogP contribution in [0.4, 0.5) is 5.82 Å². The van der Waals surface area contributed by atoms with Crippen LogP contribution in [-0.4, -0.2) is 9.55 Å². The largest absolute Gasteiger partial charge is 0.384 e. The lowest BCUT2D eigenvalue weighted by atomic mass is 10.0. The van der Waals surface area contributed by atoms with Crippen LogP contribution in [-0.2, 0) is 0 Å². The number of nitrogens with two attached hydrogens (primary N) is 1. The molecule has 2 N–H and O–H groups in total. The summed E-state index contributed by atoms with van der Waals surface area (Å²) >= 11 is 0. The average Bonchev–Trinajstić information content (AvgIpc) is 3.08. The molecule has 0 unspecified atom stereocenters. The molecule has 0 bridgehead atoms. The zero-order valence-corrected chi connectivity index (χ0v) is 12.4. The van der Waals surface area contributed by atoms with Crippen molar-refractivity contribution in [1.29, 1.82) is 0 Å². The van der Waals surface area contributed by atoms with E-state index in [-0.39, 0.29) is 0 Å². The molecule has 0 atom stereocenters. The molecule has 2 aliphatic rings. The Morgan fingerprint density at radius 2 is 1.53 bits per heavy atom. The lowest BCUT2D eigenvalue weighted by Crippen LogP contribution is -2.12. The van der Waals surface area contributed by atoms with Crippen LogP contribution in [0.2, 0.25) is 0 Å². The lowest BCUT2D eigenvalue weighted by molar-refractivity contribution is 0.534. The van der Waals surface area contributed by atoms with Gasteiger partial charge in [-0.25, -0.2) is 4.98 Å². The van der Waals surface area contributed by atoms with Crippen molar-refractivity contribution in [3.05, 3.63) is 11.5 Å². The van der Waals surface area contributed by atoms with Crippen molar-refractivity contribution >= 4 is 5.82 Å². The van der Waals surface area contributed by atoms with E-state index in [0.29, 0.717) is 17.9 Å². The van der Waals surface area contributed by atoms with Gasteiger partial charge in [-0.3, -0.25) is 0 Å². The van der Waals surface area contributed by atoms with Gasteiger partial charge in [0.15, 0.2) is 0 Å². The molecule has 2 saturated carbocycles. The second-order valence-corrected chi connectivity index (χ2v) is 6.67. The third-order valence-electron chi connectivity index (χ3n) is 4.98. The summed E-state index contributed by atoms with van der Waals surface area (Å²) in [5.74, 6) is 3.52. The first kappa shape index (κ1) is 13.0. The molecule has 0 aromatic carbocycles. The molecule has 106 valence electrons. The molecular weight excluding hydrogens is 234 g/mol. The number of aromatic nitrogens is 2. The van der Waals surface area contributed by atoms with Crippen molar-refractivity contribution in [1.82, 2.24) is 9.55 Å². The van der Waals surface area contributed by atoms with Crippen molar-refractivity contribution in [2.24, 2.45) is 0 Å². The van der Waals surface area contributed by atoms with Crippen LogP contribution in [0.25, 0.3) is 0 Å². The molecule has 0 saturated heterocycles. The van der Waals surface area contributed by atoms with Crippen LogP contribution in [0.15, 0.2) is 0 Å². The summed E-state index contributed by atoms with van der Waals surface area (Å²) < 4.78 is 2.32. The fourth-order valence-electron chi connectivity index (χ4n) is 4.00. The number of nitrogen functional groups attached to an aromatic ring is 1. The highest BCUT2D eigenvalue weighted by atomic mass is 15.2. The molecule has 2 aliphatic carbocycles. The number of anilines is 1. The van der Waals surface area contributed by atoms with Gasteiger partial charge in [0, 0.05) is 17.9 Å². The number of rotatable bonds is 3. The van der Waals surface area contributed by atoms with Crippen LogP contribution in [0.1, 0.15) is 94.6 Å². The van der Waals surface area contributed by atoms with Crippen molar-refractivity contribution in [3.8, 4) is 0 Å². The van der Waals surface area contributed by atoms with Gasteiger partial charge in [0.2, 0.25) is 0 Å². The van der Waals surface area contributed by atoms with Crippen molar-refractivity contribution in [2.45, 2.75) is 83.1 Å². The van der Waals surface area contributed by atoms with Gasteiger partial charge in [0.05, 0.1) is 5.69 Å². The third kappa shape index (κ3) is 2.28.